The average Bonchev–Trinajstić information content (AvgIpc) is 3.78. The summed E-state index contributed by atoms with van der Waals surface area (Å²) in [6.45, 7) is 15.1. The number of rotatable bonds is 26. The molecule has 2 aromatic carbocycles. The molecular formula is C50H75N9O11. The van der Waals surface area contributed by atoms with Crippen LogP contribution in [0.4, 0.5) is 0 Å². The second-order valence-corrected chi connectivity index (χ2v) is 19.6. The molecule has 20 heteroatoms. The van der Waals surface area contributed by atoms with Crippen molar-refractivity contribution in [1.82, 2.24) is 42.1 Å². The number of phenols is 1. The third-order valence-electron chi connectivity index (χ3n) is 11.8. The minimum atomic E-state index is -1.27. The summed E-state index contributed by atoms with van der Waals surface area (Å²) in [6.07, 6.45) is 1.27. The molecule has 3 rings (SSSR count). The van der Waals surface area contributed by atoms with Gasteiger partial charge in [0.25, 0.3) is 0 Å². The summed E-state index contributed by atoms with van der Waals surface area (Å²) in [5.41, 5.74) is 7.38. The standard InChI is InChI=1S/C50H75N9O11/c1-27(2)22-35(51)44(63)55-36(23-28(3)4)46(65)56-37(24-32-14-11-10-12-15-32)45(64)52-26-40(61)54-38(25-33-17-19-34(60)20-18-33)49(68)59-21-13-16-39(59)47(66)57-41(29(5)6)48(67)53-31(9)43(62)58-42(30(7)8)50(69)70/h10-12,14-15,17-20,27-31,35-39,41-42,60H,13,16,21-26,51H2,1-9H3,(H,52,64)(H,53,67)(H,54,61)(H,55,63)(H,56,65)(H,57,66)(H,58,62)(H,69,70)/t31-,35-,36-,37-,38-,39-,41-,42-/m0/s1. The van der Waals surface area contributed by atoms with Crippen molar-refractivity contribution in [3.8, 4) is 5.75 Å². The lowest BCUT2D eigenvalue weighted by Crippen LogP contribution is -2.60. The lowest BCUT2D eigenvalue weighted by atomic mass is 9.99. The Labute approximate surface area is 410 Å². The Morgan fingerprint density at radius 3 is 1.76 bits per heavy atom. The van der Waals surface area contributed by atoms with Gasteiger partial charge in [0.1, 0.15) is 48.0 Å². The number of carboxylic acids is 1. The molecule has 1 fully saturated rings. The molecule has 2 aromatic rings. The molecule has 0 saturated carbocycles. The first kappa shape index (κ1) is 57.7. The first-order valence-electron chi connectivity index (χ1n) is 24.1. The molecule has 11 N–H and O–H groups in total. The minimum Gasteiger partial charge on any atom is -0.508 e. The number of carboxylic acid groups (broad SMARTS) is 1. The molecule has 386 valence electrons. The molecular weight excluding hydrogens is 903 g/mol. The van der Waals surface area contributed by atoms with Gasteiger partial charge in [-0.1, -0.05) is 97.9 Å². The maximum Gasteiger partial charge on any atom is 0.326 e. The molecule has 0 radical (unpaired) electrons. The number of nitrogens with zero attached hydrogens (tertiary/aromatic N) is 1. The van der Waals surface area contributed by atoms with Crippen LogP contribution in [0, 0.1) is 23.7 Å². The number of amides is 8. The zero-order valence-corrected chi connectivity index (χ0v) is 41.9. The van der Waals surface area contributed by atoms with E-state index in [2.05, 4.69) is 37.2 Å². The number of benzene rings is 2. The van der Waals surface area contributed by atoms with E-state index in [4.69, 9.17) is 5.73 Å². The van der Waals surface area contributed by atoms with Crippen LogP contribution in [0.15, 0.2) is 54.6 Å². The van der Waals surface area contributed by atoms with E-state index >= 15 is 0 Å². The average molecular weight is 978 g/mol. The molecule has 1 aliphatic heterocycles. The third-order valence-corrected chi connectivity index (χ3v) is 11.8. The van der Waals surface area contributed by atoms with Gasteiger partial charge in [0.15, 0.2) is 0 Å². The van der Waals surface area contributed by atoms with E-state index in [1.54, 1.807) is 70.2 Å². The molecule has 8 atom stereocenters. The summed E-state index contributed by atoms with van der Waals surface area (Å²) in [4.78, 5) is 122. The molecule has 0 spiro atoms. The predicted molar refractivity (Wildman–Crippen MR) is 261 cm³/mol. The quantitative estimate of drug-likeness (QED) is 0.0633. The van der Waals surface area contributed by atoms with Crippen LogP contribution in [-0.4, -0.2) is 130 Å². The highest BCUT2D eigenvalue weighted by Crippen LogP contribution is 2.21. The Hall–Kier alpha value is -6.57. The van der Waals surface area contributed by atoms with Gasteiger partial charge in [0.05, 0.1) is 12.6 Å². The van der Waals surface area contributed by atoms with Crippen molar-refractivity contribution < 1.29 is 53.4 Å². The van der Waals surface area contributed by atoms with E-state index in [1.165, 1.54) is 24.0 Å². The topological polar surface area (TPSA) is 308 Å². The summed E-state index contributed by atoms with van der Waals surface area (Å²) in [7, 11) is 0. The minimum absolute atomic E-state index is 0.0179. The van der Waals surface area contributed by atoms with Crippen LogP contribution in [0.1, 0.15) is 99.1 Å². The fraction of sp³-hybridized carbons (Fsp3) is 0.580. The van der Waals surface area contributed by atoms with E-state index in [-0.39, 0.29) is 49.8 Å². The van der Waals surface area contributed by atoms with Gasteiger partial charge >= 0.3 is 5.97 Å². The third kappa shape index (κ3) is 18.4. The summed E-state index contributed by atoms with van der Waals surface area (Å²) in [5, 5.41) is 37.9. The van der Waals surface area contributed by atoms with Crippen molar-refractivity contribution in [3.63, 3.8) is 0 Å². The smallest absolute Gasteiger partial charge is 0.326 e. The number of likely N-dealkylation sites (tertiary alicyclic amines) is 1. The van der Waals surface area contributed by atoms with Gasteiger partial charge in [-0.2, -0.15) is 0 Å². The molecule has 0 unspecified atom stereocenters. The van der Waals surface area contributed by atoms with Crippen molar-refractivity contribution >= 4 is 53.2 Å². The van der Waals surface area contributed by atoms with Crippen LogP contribution in [0.3, 0.4) is 0 Å². The lowest BCUT2D eigenvalue weighted by Gasteiger charge is -2.31. The number of carbonyl (C=O) groups excluding carboxylic acids is 8. The zero-order valence-electron chi connectivity index (χ0n) is 41.9. The lowest BCUT2D eigenvalue weighted by molar-refractivity contribution is -0.143. The van der Waals surface area contributed by atoms with Crippen LogP contribution < -0.4 is 43.0 Å². The Bertz CT molecular complexity index is 2120. The molecule has 0 aliphatic carbocycles. The summed E-state index contributed by atoms with van der Waals surface area (Å²) >= 11 is 0. The Morgan fingerprint density at radius 1 is 0.614 bits per heavy atom. The largest absolute Gasteiger partial charge is 0.508 e. The van der Waals surface area contributed by atoms with Crippen molar-refractivity contribution in [2.45, 2.75) is 149 Å². The van der Waals surface area contributed by atoms with E-state index in [1.807, 2.05) is 27.7 Å². The summed E-state index contributed by atoms with van der Waals surface area (Å²) in [5.74, 6) is -7.35. The monoisotopic (exact) mass is 978 g/mol. The molecule has 1 saturated heterocycles. The predicted octanol–water partition coefficient (Wildman–Crippen LogP) is 1.03. The second-order valence-electron chi connectivity index (χ2n) is 19.6. The van der Waals surface area contributed by atoms with Crippen LogP contribution in [0.2, 0.25) is 0 Å². The maximum absolute atomic E-state index is 14.5. The van der Waals surface area contributed by atoms with E-state index in [9.17, 15) is 53.4 Å². The Balaban J connectivity index is 1.80. The molecule has 1 aliphatic rings. The van der Waals surface area contributed by atoms with Crippen LogP contribution in [0.25, 0.3) is 0 Å². The molecule has 0 bridgehead atoms. The number of hydrogen-bond donors (Lipinski definition) is 10. The Kier molecular flexibility index (Phi) is 22.7. The fourth-order valence-corrected chi connectivity index (χ4v) is 7.98. The first-order chi connectivity index (χ1) is 32.9. The van der Waals surface area contributed by atoms with Crippen molar-refractivity contribution in [2.24, 2.45) is 29.4 Å². The van der Waals surface area contributed by atoms with Crippen molar-refractivity contribution in [1.29, 1.82) is 0 Å². The van der Waals surface area contributed by atoms with E-state index in [0.717, 1.165) is 0 Å². The van der Waals surface area contributed by atoms with Gasteiger partial charge in [-0.15, -0.1) is 0 Å². The number of hydrogen-bond acceptors (Lipinski definition) is 11. The molecule has 20 nitrogen and oxygen atoms in total. The number of nitrogens with two attached hydrogens (primary N) is 1. The zero-order chi connectivity index (χ0) is 52.4. The normalized spacial score (nSPS) is 16.5. The Morgan fingerprint density at radius 2 is 1.19 bits per heavy atom. The van der Waals surface area contributed by atoms with Crippen molar-refractivity contribution in [3.05, 3.63) is 65.7 Å². The number of aliphatic carboxylic acids is 1. The molecule has 70 heavy (non-hydrogen) atoms. The van der Waals surface area contributed by atoms with E-state index < -0.39 is 120 Å². The molecule has 1 heterocycles. The van der Waals surface area contributed by atoms with Crippen LogP contribution >= 0.6 is 0 Å². The summed E-state index contributed by atoms with van der Waals surface area (Å²) < 4.78 is 0. The number of phenolic OH excluding ortho intramolecular Hbond substituents is 1. The highest BCUT2D eigenvalue weighted by Gasteiger charge is 2.40. The second kappa shape index (κ2) is 27.6. The van der Waals surface area contributed by atoms with Crippen molar-refractivity contribution in [2.75, 3.05) is 13.1 Å². The van der Waals surface area contributed by atoms with Gasteiger partial charge in [-0.25, -0.2) is 4.79 Å². The van der Waals surface area contributed by atoms with E-state index in [0.29, 0.717) is 24.0 Å². The molecule has 0 aromatic heterocycles. The van der Waals surface area contributed by atoms with Gasteiger partial charge in [0.2, 0.25) is 47.3 Å². The summed E-state index contributed by atoms with van der Waals surface area (Å²) in [6, 6.07) is 6.00. The first-order valence-corrected chi connectivity index (χ1v) is 24.1. The highest BCUT2D eigenvalue weighted by molar-refractivity contribution is 5.98. The molecule has 8 amide bonds. The maximum atomic E-state index is 14.5. The number of aromatic hydroxyl groups is 1. The fourth-order valence-electron chi connectivity index (χ4n) is 7.98. The van der Waals surface area contributed by atoms with Gasteiger partial charge in [-0.05, 0) is 79.5 Å². The van der Waals surface area contributed by atoms with Gasteiger partial charge in [-0.3, -0.25) is 38.4 Å². The SMILES string of the molecule is CC(C)C[C@H](NC(=O)[C@@H](N)CC(C)C)C(=O)N[C@@H](Cc1ccccc1)C(=O)NCC(=O)N[C@@H](Cc1ccc(O)cc1)C(=O)N1CCC[C@H]1C(=O)N[C@H](C(=O)N[C@@H](C)C(=O)N[C@H](C(=O)O)C(C)C)C(C)C. The van der Waals surface area contributed by atoms with Crippen LogP contribution in [0.5, 0.6) is 5.75 Å². The number of carbonyl (C=O) groups is 9. The van der Waals surface area contributed by atoms with Gasteiger partial charge < -0.3 is 58.1 Å². The number of nitrogens with one attached hydrogen (secondary N) is 7. The van der Waals surface area contributed by atoms with Crippen LogP contribution in [-0.2, 0) is 56.0 Å². The van der Waals surface area contributed by atoms with Gasteiger partial charge in [0, 0.05) is 19.4 Å². The highest BCUT2D eigenvalue weighted by atomic mass is 16.4.